The van der Waals surface area contributed by atoms with E-state index < -0.39 is 0 Å². The molecule has 122 valence electrons. The SMILES string of the molecule is CN=C(NCc1nc(C)c(C)o1)N1CCCC(CC(N)=O)C1. The van der Waals surface area contributed by atoms with Crippen LogP contribution in [0.3, 0.4) is 0 Å². The largest absolute Gasteiger partial charge is 0.444 e. The molecule has 1 atom stereocenters. The van der Waals surface area contributed by atoms with Crippen LogP contribution in [0.2, 0.25) is 0 Å². The Morgan fingerprint density at radius 2 is 2.32 bits per heavy atom. The van der Waals surface area contributed by atoms with Crippen LogP contribution in [-0.2, 0) is 11.3 Å². The van der Waals surface area contributed by atoms with Gasteiger partial charge in [0.05, 0.1) is 12.2 Å². The van der Waals surface area contributed by atoms with Crippen LogP contribution in [0.15, 0.2) is 9.41 Å². The fourth-order valence-electron chi connectivity index (χ4n) is 2.81. The molecule has 3 N–H and O–H groups in total. The Morgan fingerprint density at radius 3 is 2.91 bits per heavy atom. The molecule has 1 unspecified atom stereocenters. The molecule has 22 heavy (non-hydrogen) atoms. The number of aromatic nitrogens is 1. The third kappa shape index (κ3) is 4.22. The standard InChI is InChI=1S/C15H25N5O2/c1-10-11(2)22-14(19-10)8-18-15(17-3)20-6-4-5-12(9-20)7-13(16)21/h12H,4-9H2,1-3H3,(H2,16,21)(H,17,18). The summed E-state index contributed by atoms with van der Waals surface area (Å²) in [6, 6.07) is 0. The van der Waals surface area contributed by atoms with Crippen LogP contribution in [0.4, 0.5) is 0 Å². The zero-order chi connectivity index (χ0) is 16.1. The summed E-state index contributed by atoms with van der Waals surface area (Å²) < 4.78 is 5.56. The maximum atomic E-state index is 11.1. The first-order valence-corrected chi connectivity index (χ1v) is 7.66. The minimum atomic E-state index is -0.236. The first kappa shape index (κ1) is 16.3. The molecule has 1 aromatic heterocycles. The number of hydrogen-bond donors (Lipinski definition) is 2. The number of oxazole rings is 1. The normalized spacial score (nSPS) is 19.3. The van der Waals surface area contributed by atoms with Crippen LogP contribution in [0.5, 0.6) is 0 Å². The van der Waals surface area contributed by atoms with E-state index in [9.17, 15) is 4.79 Å². The molecule has 0 aliphatic carbocycles. The van der Waals surface area contributed by atoms with E-state index in [0.29, 0.717) is 24.8 Å². The summed E-state index contributed by atoms with van der Waals surface area (Å²) in [5.41, 5.74) is 6.21. The molecule has 7 nitrogen and oxygen atoms in total. The van der Waals surface area contributed by atoms with Crippen LogP contribution >= 0.6 is 0 Å². The number of rotatable bonds is 4. The van der Waals surface area contributed by atoms with E-state index in [4.69, 9.17) is 10.2 Å². The van der Waals surface area contributed by atoms with Gasteiger partial charge in [-0.05, 0) is 32.6 Å². The number of nitrogens with one attached hydrogen (secondary N) is 1. The summed E-state index contributed by atoms with van der Waals surface area (Å²) >= 11 is 0. The number of aliphatic imine (C=N–C) groups is 1. The monoisotopic (exact) mass is 307 g/mol. The molecule has 0 saturated carbocycles. The van der Waals surface area contributed by atoms with E-state index in [2.05, 4.69) is 20.2 Å². The van der Waals surface area contributed by atoms with Gasteiger partial charge in [-0.1, -0.05) is 0 Å². The molecule has 1 aliphatic heterocycles. The fourth-order valence-corrected chi connectivity index (χ4v) is 2.81. The van der Waals surface area contributed by atoms with Crippen LogP contribution in [0.25, 0.3) is 0 Å². The Morgan fingerprint density at radius 1 is 1.55 bits per heavy atom. The Hall–Kier alpha value is -2.05. The van der Waals surface area contributed by atoms with Crippen LogP contribution < -0.4 is 11.1 Å². The van der Waals surface area contributed by atoms with Crippen LogP contribution in [-0.4, -0.2) is 41.9 Å². The van der Waals surface area contributed by atoms with E-state index >= 15 is 0 Å². The van der Waals surface area contributed by atoms with E-state index in [-0.39, 0.29) is 5.91 Å². The maximum Gasteiger partial charge on any atom is 0.217 e. The first-order valence-electron chi connectivity index (χ1n) is 7.66. The molecule has 2 rings (SSSR count). The van der Waals surface area contributed by atoms with E-state index in [1.54, 1.807) is 7.05 Å². The van der Waals surface area contributed by atoms with Crippen molar-refractivity contribution in [3.05, 3.63) is 17.3 Å². The molecule has 1 aromatic rings. The fraction of sp³-hybridized carbons (Fsp3) is 0.667. The van der Waals surface area contributed by atoms with Crippen LogP contribution in [0, 0.1) is 19.8 Å². The predicted molar refractivity (Wildman–Crippen MR) is 84.3 cm³/mol. The molecule has 2 heterocycles. The lowest BCUT2D eigenvalue weighted by atomic mass is 9.95. The lowest BCUT2D eigenvalue weighted by molar-refractivity contribution is -0.119. The van der Waals surface area contributed by atoms with Crippen LogP contribution in [0.1, 0.15) is 36.6 Å². The molecule has 0 spiro atoms. The quantitative estimate of drug-likeness (QED) is 0.638. The summed E-state index contributed by atoms with van der Waals surface area (Å²) in [6.45, 7) is 6.05. The molecule has 0 radical (unpaired) electrons. The zero-order valence-electron chi connectivity index (χ0n) is 13.6. The van der Waals surface area contributed by atoms with Gasteiger partial charge >= 0.3 is 0 Å². The number of carbonyl (C=O) groups excluding carboxylic acids is 1. The van der Waals surface area contributed by atoms with Crippen molar-refractivity contribution in [3.8, 4) is 0 Å². The van der Waals surface area contributed by atoms with Crippen molar-refractivity contribution in [2.45, 2.75) is 39.7 Å². The number of piperidine rings is 1. The van der Waals surface area contributed by atoms with Gasteiger partial charge in [0, 0.05) is 26.6 Å². The minimum Gasteiger partial charge on any atom is -0.444 e. The van der Waals surface area contributed by atoms with Gasteiger partial charge in [0.2, 0.25) is 11.8 Å². The number of likely N-dealkylation sites (tertiary alicyclic amines) is 1. The number of guanidine groups is 1. The maximum absolute atomic E-state index is 11.1. The number of primary amides is 1. The summed E-state index contributed by atoms with van der Waals surface area (Å²) in [4.78, 5) is 21.9. The van der Waals surface area contributed by atoms with Gasteiger partial charge in [0.15, 0.2) is 5.96 Å². The second-order valence-electron chi connectivity index (χ2n) is 5.77. The van der Waals surface area contributed by atoms with Crippen molar-refractivity contribution in [2.75, 3.05) is 20.1 Å². The molecule has 0 bridgehead atoms. The average Bonchev–Trinajstić information content (AvgIpc) is 2.78. The minimum absolute atomic E-state index is 0.236. The second kappa shape index (κ2) is 7.29. The van der Waals surface area contributed by atoms with Crippen molar-refractivity contribution >= 4 is 11.9 Å². The second-order valence-corrected chi connectivity index (χ2v) is 5.77. The van der Waals surface area contributed by atoms with Gasteiger partial charge in [0.1, 0.15) is 5.76 Å². The molecular weight excluding hydrogens is 282 g/mol. The number of carbonyl (C=O) groups is 1. The highest BCUT2D eigenvalue weighted by atomic mass is 16.4. The van der Waals surface area contributed by atoms with Crippen molar-refractivity contribution in [1.29, 1.82) is 0 Å². The highest BCUT2D eigenvalue weighted by Crippen LogP contribution is 2.19. The summed E-state index contributed by atoms with van der Waals surface area (Å²) in [5, 5.41) is 3.27. The predicted octanol–water partition coefficient (Wildman–Crippen LogP) is 0.954. The molecule has 1 saturated heterocycles. The van der Waals surface area contributed by atoms with Crippen molar-refractivity contribution in [3.63, 3.8) is 0 Å². The Bertz CT molecular complexity index is 533. The number of nitrogens with two attached hydrogens (primary N) is 1. The third-order valence-electron chi connectivity index (χ3n) is 3.99. The number of nitrogens with zero attached hydrogens (tertiary/aromatic N) is 3. The van der Waals surface area contributed by atoms with Gasteiger partial charge in [0.25, 0.3) is 0 Å². The molecule has 1 fully saturated rings. The Labute approximate surface area is 131 Å². The third-order valence-corrected chi connectivity index (χ3v) is 3.99. The van der Waals surface area contributed by atoms with Gasteiger partial charge in [-0.15, -0.1) is 0 Å². The molecular formula is C15H25N5O2. The number of amides is 1. The number of hydrogen-bond acceptors (Lipinski definition) is 4. The topological polar surface area (TPSA) is 96.8 Å². The molecule has 1 aliphatic rings. The van der Waals surface area contributed by atoms with Gasteiger partial charge in [-0.25, -0.2) is 4.98 Å². The number of aryl methyl sites for hydroxylation is 2. The lowest BCUT2D eigenvalue weighted by Gasteiger charge is -2.34. The van der Waals surface area contributed by atoms with E-state index in [1.807, 2.05) is 13.8 Å². The van der Waals surface area contributed by atoms with E-state index in [0.717, 1.165) is 43.3 Å². The van der Waals surface area contributed by atoms with Gasteiger partial charge < -0.3 is 20.4 Å². The smallest absolute Gasteiger partial charge is 0.217 e. The molecule has 0 aromatic carbocycles. The Balaban J connectivity index is 1.92. The highest BCUT2D eigenvalue weighted by Gasteiger charge is 2.23. The molecule has 1 amide bonds. The summed E-state index contributed by atoms with van der Waals surface area (Å²) in [6.07, 6.45) is 2.51. The zero-order valence-corrected chi connectivity index (χ0v) is 13.6. The average molecular weight is 307 g/mol. The highest BCUT2D eigenvalue weighted by molar-refractivity contribution is 5.80. The van der Waals surface area contributed by atoms with Gasteiger partial charge in [-0.3, -0.25) is 9.79 Å². The van der Waals surface area contributed by atoms with Crippen molar-refractivity contribution < 1.29 is 9.21 Å². The Kier molecular flexibility index (Phi) is 5.41. The lowest BCUT2D eigenvalue weighted by Crippen LogP contribution is -2.46. The van der Waals surface area contributed by atoms with E-state index in [1.165, 1.54) is 0 Å². The molecule has 7 heteroatoms. The van der Waals surface area contributed by atoms with Gasteiger partial charge in [-0.2, -0.15) is 0 Å². The summed E-state index contributed by atoms with van der Waals surface area (Å²) in [7, 11) is 1.76. The summed E-state index contributed by atoms with van der Waals surface area (Å²) in [5.74, 6) is 2.37. The van der Waals surface area contributed by atoms with Crippen molar-refractivity contribution in [1.82, 2.24) is 15.2 Å². The first-order chi connectivity index (χ1) is 10.5. The van der Waals surface area contributed by atoms with Crippen molar-refractivity contribution in [2.24, 2.45) is 16.6 Å².